The summed E-state index contributed by atoms with van der Waals surface area (Å²) in [6.07, 6.45) is -12.5. The molecule has 2 bridgehead atoms. The lowest BCUT2D eigenvalue weighted by Gasteiger charge is -2.67. The van der Waals surface area contributed by atoms with Crippen LogP contribution in [0.1, 0.15) is 99.5 Å². The summed E-state index contributed by atoms with van der Waals surface area (Å²) >= 11 is 0. The van der Waals surface area contributed by atoms with Gasteiger partial charge in [0.25, 0.3) is 5.91 Å². The molecule has 0 spiro atoms. The lowest BCUT2D eigenvalue weighted by molar-refractivity contribution is -0.346. The maximum Gasteiger partial charge on any atom is 0.350 e. The SMILES string of the molecule is CC(=O)O[C@H]1C(=O)[C@@]2(C)[C@H]([C@H](OC(=O)c3ccccc3)[C@]3(O)C[C@H](OC(=O)[C@@H](OC(=O)CCC(=O)O)[C@@H](NC(=O)c4ccccc4)c4ccccc4)C(C)=C1C3(C)C)[C@]1(OC(C)=O)CO[C@@H]1C[C@@H]2O. The molecule has 366 valence electrons. The number of aliphatic carboxylic acids is 1. The first-order valence-corrected chi connectivity index (χ1v) is 22.5. The lowest BCUT2D eigenvalue weighted by atomic mass is 9.44. The fourth-order valence-corrected chi connectivity index (χ4v) is 10.7. The second-order valence-corrected chi connectivity index (χ2v) is 18.7. The monoisotopic (exact) mass is 953 g/mol. The maximum atomic E-state index is 15.7. The van der Waals surface area contributed by atoms with E-state index in [1.54, 1.807) is 66.7 Å². The van der Waals surface area contributed by atoms with E-state index in [1.807, 2.05) is 0 Å². The number of Topliss-reactive ketones (excluding diaryl/α,β-unsaturated/α-hetero) is 1. The topological polar surface area (TPSA) is 265 Å². The van der Waals surface area contributed by atoms with Crippen LogP contribution in [0, 0.1) is 16.7 Å². The zero-order valence-electron chi connectivity index (χ0n) is 38.9. The minimum Gasteiger partial charge on any atom is -0.481 e. The van der Waals surface area contributed by atoms with Crippen molar-refractivity contribution in [2.24, 2.45) is 16.7 Å². The number of amides is 1. The number of carboxylic acid groups (broad SMARTS) is 1. The van der Waals surface area contributed by atoms with E-state index in [-0.39, 0.29) is 40.9 Å². The molecule has 3 aromatic carbocycles. The fourth-order valence-electron chi connectivity index (χ4n) is 10.7. The van der Waals surface area contributed by atoms with Gasteiger partial charge in [0.2, 0.25) is 6.10 Å². The van der Waals surface area contributed by atoms with Crippen LogP contribution in [0.2, 0.25) is 0 Å². The minimum absolute atomic E-state index is 0.0221. The highest BCUT2D eigenvalue weighted by Crippen LogP contribution is 2.64. The van der Waals surface area contributed by atoms with Crippen LogP contribution in [-0.4, -0.2) is 117 Å². The lowest BCUT2D eigenvalue weighted by Crippen LogP contribution is -2.82. The van der Waals surface area contributed by atoms with Gasteiger partial charge in [-0.15, -0.1) is 0 Å². The number of aliphatic hydroxyl groups is 2. The number of ketones is 1. The highest BCUT2D eigenvalue weighted by atomic mass is 16.6. The van der Waals surface area contributed by atoms with Crippen molar-refractivity contribution in [1.82, 2.24) is 5.32 Å². The van der Waals surface area contributed by atoms with E-state index in [9.17, 15) is 44.1 Å². The van der Waals surface area contributed by atoms with Crippen LogP contribution < -0.4 is 5.32 Å². The first-order valence-electron chi connectivity index (χ1n) is 22.5. The summed E-state index contributed by atoms with van der Waals surface area (Å²) in [4.78, 5) is 110. The summed E-state index contributed by atoms with van der Waals surface area (Å²) in [5.41, 5.74) is -7.77. The number of hydrogen-bond donors (Lipinski definition) is 4. The number of carbonyl (C=O) groups excluding carboxylic acids is 7. The van der Waals surface area contributed by atoms with E-state index in [0.29, 0.717) is 0 Å². The minimum atomic E-state index is -2.50. The van der Waals surface area contributed by atoms with Crippen molar-refractivity contribution >= 4 is 47.5 Å². The average molecular weight is 954 g/mol. The van der Waals surface area contributed by atoms with Gasteiger partial charge in [0, 0.05) is 37.7 Å². The van der Waals surface area contributed by atoms with Gasteiger partial charge in [0.05, 0.1) is 42.4 Å². The first kappa shape index (κ1) is 50.1. The van der Waals surface area contributed by atoms with Crippen molar-refractivity contribution < 1.29 is 82.1 Å². The van der Waals surface area contributed by atoms with Crippen molar-refractivity contribution in [3.63, 3.8) is 0 Å². The molecule has 0 unspecified atom stereocenters. The van der Waals surface area contributed by atoms with Crippen LogP contribution >= 0.6 is 0 Å². The molecule has 4 N–H and O–H groups in total. The summed E-state index contributed by atoms with van der Waals surface area (Å²) in [6.45, 7) is 7.68. The van der Waals surface area contributed by atoms with Crippen molar-refractivity contribution in [1.29, 1.82) is 0 Å². The van der Waals surface area contributed by atoms with Gasteiger partial charge < -0.3 is 49.1 Å². The van der Waals surface area contributed by atoms with Gasteiger partial charge >= 0.3 is 35.8 Å². The molecule has 1 amide bonds. The largest absolute Gasteiger partial charge is 0.481 e. The van der Waals surface area contributed by atoms with Crippen LogP contribution in [0.5, 0.6) is 0 Å². The number of ether oxygens (including phenoxy) is 6. The Labute approximate surface area is 397 Å². The molecule has 1 heterocycles. The summed E-state index contributed by atoms with van der Waals surface area (Å²) < 4.78 is 36.3. The highest BCUT2D eigenvalue weighted by molar-refractivity contribution is 5.96. The number of carboxylic acids is 1. The number of benzene rings is 3. The number of carbonyl (C=O) groups is 8. The molecule has 18 heteroatoms. The Bertz CT molecular complexity index is 2550. The van der Waals surface area contributed by atoms with Crippen LogP contribution in [0.25, 0.3) is 0 Å². The van der Waals surface area contributed by atoms with Crippen LogP contribution in [0.4, 0.5) is 0 Å². The normalized spacial score (nSPS) is 29.7. The van der Waals surface area contributed by atoms with Crippen LogP contribution in [0.15, 0.2) is 102 Å². The van der Waals surface area contributed by atoms with E-state index >= 15 is 9.59 Å². The molecule has 18 nitrogen and oxygen atoms in total. The van der Waals surface area contributed by atoms with Gasteiger partial charge in [-0.3, -0.25) is 28.8 Å². The number of hydrogen-bond acceptors (Lipinski definition) is 16. The predicted octanol–water partition coefficient (Wildman–Crippen LogP) is 4.15. The molecular weight excluding hydrogens is 899 g/mol. The predicted molar refractivity (Wildman–Crippen MR) is 238 cm³/mol. The molecule has 1 saturated heterocycles. The summed E-state index contributed by atoms with van der Waals surface area (Å²) in [6, 6.07) is 22.1. The van der Waals surface area contributed by atoms with E-state index < -0.39 is 137 Å². The van der Waals surface area contributed by atoms with Gasteiger partial charge in [0.1, 0.15) is 30.0 Å². The molecule has 0 aromatic heterocycles. The molecule has 3 aliphatic carbocycles. The van der Waals surface area contributed by atoms with Gasteiger partial charge in [0.15, 0.2) is 17.5 Å². The molecule has 3 fully saturated rings. The third-order valence-electron chi connectivity index (χ3n) is 14.3. The molecule has 0 radical (unpaired) electrons. The molecule has 7 rings (SSSR count). The Morgan fingerprint density at radius 2 is 1.41 bits per heavy atom. The number of nitrogens with one attached hydrogen (secondary N) is 1. The van der Waals surface area contributed by atoms with Crippen molar-refractivity contribution in [2.45, 2.75) is 121 Å². The van der Waals surface area contributed by atoms with Crippen molar-refractivity contribution in [2.75, 3.05) is 6.61 Å². The second kappa shape index (κ2) is 19.3. The summed E-state index contributed by atoms with van der Waals surface area (Å²) in [5, 5.41) is 38.2. The molecule has 69 heavy (non-hydrogen) atoms. The van der Waals surface area contributed by atoms with Crippen molar-refractivity contribution in [3.8, 4) is 0 Å². The zero-order chi connectivity index (χ0) is 50.2. The Hall–Kier alpha value is -6.76. The quantitative estimate of drug-likeness (QED) is 0.100. The number of esters is 5. The fraction of sp³-hybridized carbons (Fsp3) is 0.451. The van der Waals surface area contributed by atoms with Crippen LogP contribution in [-0.2, 0) is 57.2 Å². The van der Waals surface area contributed by atoms with Gasteiger partial charge in [-0.25, -0.2) is 9.59 Å². The highest BCUT2D eigenvalue weighted by Gasteiger charge is 2.78. The van der Waals surface area contributed by atoms with E-state index in [4.69, 9.17) is 28.4 Å². The summed E-state index contributed by atoms with van der Waals surface area (Å²) in [5.74, 6) is -9.78. The number of rotatable bonds is 14. The smallest absolute Gasteiger partial charge is 0.350 e. The van der Waals surface area contributed by atoms with E-state index in [1.165, 1.54) is 52.0 Å². The van der Waals surface area contributed by atoms with E-state index in [2.05, 4.69) is 5.32 Å². The van der Waals surface area contributed by atoms with Gasteiger partial charge in [-0.05, 0) is 54.8 Å². The Morgan fingerprint density at radius 3 is 1.96 bits per heavy atom. The van der Waals surface area contributed by atoms with Crippen LogP contribution in [0.3, 0.4) is 0 Å². The molecule has 4 aliphatic rings. The van der Waals surface area contributed by atoms with Gasteiger partial charge in [-0.1, -0.05) is 80.6 Å². The third kappa shape index (κ3) is 9.15. The molecule has 2 saturated carbocycles. The zero-order valence-corrected chi connectivity index (χ0v) is 38.9. The molecule has 1 aliphatic heterocycles. The molecular formula is C51H55NO17. The van der Waals surface area contributed by atoms with Gasteiger partial charge in [-0.2, -0.15) is 0 Å². The number of fused-ring (bicyclic) bond motifs is 5. The summed E-state index contributed by atoms with van der Waals surface area (Å²) in [7, 11) is 0. The third-order valence-corrected chi connectivity index (χ3v) is 14.3. The standard InChI is InChI=1S/C51H55NO17/c1-27-33(66-47(62)41(67-37(58)23-22-36(56)57)39(30-16-10-7-11-17-30)52-45(60)31-18-12-8-13-19-31)25-51(63)44(68-46(61)32-20-14-9-15-21-32)42-49(6,34(55)24-35-50(42,26-64-35)69-29(3)54)43(59)40(65-28(2)53)38(27)48(51,4)5/h7-21,33-35,39-42,44,55,63H,22-26H2,1-6H3,(H,52,60)(H,56,57)/t33-,34-,35+,39-,40+,41-,42-,44-,49+,50-,51+/m0/s1. The Morgan fingerprint density at radius 1 is 0.812 bits per heavy atom. The average Bonchev–Trinajstić information content (AvgIpc) is 3.30. The maximum absolute atomic E-state index is 15.7. The van der Waals surface area contributed by atoms with E-state index in [0.717, 1.165) is 13.8 Å². The Kier molecular flexibility index (Phi) is 14.0. The Balaban J connectivity index is 1.42. The molecule has 11 atom stereocenters. The molecule has 3 aromatic rings. The first-order chi connectivity index (χ1) is 32.6. The second-order valence-electron chi connectivity index (χ2n) is 18.7. The van der Waals surface area contributed by atoms with Crippen molar-refractivity contribution in [3.05, 3.63) is 119 Å². The number of aliphatic hydroxyl groups excluding tert-OH is 1.